The average molecular weight is 1740 g/mol. The first-order chi connectivity index (χ1) is 59.1. The van der Waals surface area contributed by atoms with Crippen LogP contribution in [0.5, 0.6) is 0 Å². The van der Waals surface area contributed by atoms with Crippen LogP contribution in [0.2, 0.25) is 0 Å². The molecule has 0 bridgehead atoms. The van der Waals surface area contributed by atoms with Crippen LogP contribution in [0, 0.1) is 35.5 Å². The van der Waals surface area contributed by atoms with Crippen LogP contribution in [0.15, 0.2) is 115 Å². The number of alkyl carbamates (subject to hydrolysis) is 1. The molecule has 2 aliphatic rings. The lowest BCUT2D eigenvalue weighted by Gasteiger charge is -2.41. The third kappa shape index (κ3) is 30.7. The monoisotopic (exact) mass is 1740 g/mol. The molecule has 0 spiro atoms. The van der Waals surface area contributed by atoms with Crippen molar-refractivity contribution in [2.75, 3.05) is 74.4 Å². The van der Waals surface area contributed by atoms with Gasteiger partial charge in [0.2, 0.25) is 29.5 Å². The van der Waals surface area contributed by atoms with Gasteiger partial charge in [-0.1, -0.05) is 172 Å². The smallest absolute Gasteiger partial charge is 0.410 e. The van der Waals surface area contributed by atoms with Gasteiger partial charge in [0.15, 0.2) is 11.6 Å². The lowest BCUT2D eigenvalue weighted by Crippen LogP contribution is -2.60. The SMILES string of the molecule is CC[C@H](C)[C@@H]([C@@H](CC(=O)N1CCC[C@H]1[C@H](OC)[C@@H](C)C(=O)N[C@@H](Cc1ccccc1)c1nccs1)OC)N(C)C(=O)[C@@H](NC(=O)[C@H](C(C)C)N(C)C(=O)OCc1ccc(CC(=O)[C@H](CCCNC(N)=O)NC(=O)[C@@H](CC(=O)CCOCCOCCCC(=O)[C@H](CCC(=O)OC(C)(C)C)NC(=O)OCC2c3ccccc3-c3ccccc32)C(C)C)cc1)C(C)C. The summed E-state index contributed by atoms with van der Waals surface area (Å²) in [5.41, 5.74) is 11.0. The van der Waals surface area contributed by atoms with Crippen molar-refractivity contribution in [1.29, 1.82) is 0 Å². The Labute approximate surface area is 735 Å². The molecule has 2 heterocycles. The maximum Gasteiger partial charge on any atom is 0.410 e. The van der Waals surface area contributed by atoms with Crippen LogP contribution in [0.25, 0.3) is 11.1 Å². The van der Waals surface area contributed by atoms with Crippen LogP contribution in [0.4, 0.5) is 14.4 Å². The molecule has 7 rings (SSSR count). The largest absolute Gasteiger partial charge is 0.460 e. The molecule has 30 heteroatoms. The molecule has 1 fully saturated rings. The average Bonchev–Trinajstić information content (AvgIpc) is 1.61. The highest BCUT2D eigenvalue weighted by atomic mass is 32.1. The Morgan fingerprint density at radius 1 is 0.637 bits per heavy atom. The highest BCUT2D eigenvalue weighted by Gasteiger charge is 2.45. The number of carbonyl (C=O) groups excluding carboxylic acids is 12. The van der Waals surface area contributed by atoms with Gasteiger partial charge in [0.25, 0.3) is 0 Å². The van der Waals surface area contributed by atoms with Gasteiger partial charge in [0, 0.05) is 104 Å². The summed E-state index contributed by atoms with van der Waals surface area (Å²) < 4.78 is 40.7. The van der Waals surface area contributed by atoms with Crippen LogP contribution in [-0.2, 0) is 95.8 Å². The summed E-state index contributed by atoms with van der Waals surface area (Å²) in [6.07, 6.45) is 1.51. The summed E-state index contributed by atoms with van der Waals surface area (Å²) in [5, 5.41) is 17.0. The molecule has 1 aliphatic heterocycles. The lowest BCUT2D eigenvalue weighted by atomic mass is 9.88. The second kappa shape index (κ2) is 50.2. The van der Waals surface area contributed by atoms with Crippen LogP contribution in [0.1, 0.15) is 205 Å². The van der Waals surface area contributed by atoms with Gasteiger partial charge in [-0.15, -0.1) is 11.3 Å². The minimum Gasteiger partial charge on any atom is -0.460 e. The number of nitrogens with two attached hydrogens (primary N) is 1. The number of primary amides is 1. The van der Waals surface area contributed by atoms with Gasteiger partial charge in [0.05, 0.1) is 74.6 Å². The summed E-state index contributed by atoms with van der Waals surface area (Å²) >= 11 is 1.47. The number of likely N-dealkylation sites (N-methyl/N-ethyl adjacent to an activating group) is 2. The molecule has 1 saturated heterocycles. The third-order valence-corrected chi connectivity index (χ3v) is 24.0. The number of carbonyl (C=O) groups is 12. The number of thiazole rings is 1. The summed E-state index contributed by atoms with van der Waals surface area (Å²) in [5.74, 6) is -6.32. The van der Waals surface area contributed by atoms with Crippen molar-refractivity contribution >= 4 is 82.4 Å². The van der Waals surface area contributed by atoms with Gasteiger partial charge in [-0.3, -0.25) is 48.1 Å². The Hall–Kier alpha value is -10.0. The molecule has 1 aliphatic carbocycles. The van der Waals surface area contributed by atoms with E-state index in [2.05, 4.69) is 31.6 Å². The zero-order valence-corrected chi connectivity index (χ0v) is 76.1. The van der Waals surface area contributed by atoms with Gasteiger partial charge in [-0.2, -0.15) is 0 Å². The molecule has 5 aromatic rings. The Balaban J connectivity index is 0.859. The predicted octanol–water partition coefficient (Wildman–Crippen LogP) is 12.0. The molecule has 29 nitrogen and oxygen atoms in total. The standard InChI is InChI=1S/C94H134N10O19S/c1-17-61(8)84(79(117-15)55-80(108)104-46-26-35-76(104)85(118-16)62(9)86(110)99-75(89-96-45-51-124-89)52-63-28-19-18-20-29-63)102(13)90(113)82(59(4)5)101-88(112)83(60(6)7)103(14)93(116)122-56-65-39-37-64(38-40-65)53-78(107)73(34-25-44-97-91(95)114)98-87(111)71(58(2)3)54-66(105)43-48-120-50-49-119-47-27-36-77(106)74(41-42-81(109)123-94(10,11)12)100-92(115)121-57-72-69-32-23-21-30-67(69)68-31-22-24-33-70(68)72/h18-24,28-33,37-40,45,51,58-62,71-76,79,82-85H,17,25-27,34-36,41-44,46-50,52-57H2,1-16H3,(H,98,111)(H,99,110)(H,100,115)(H,101,112)(H3,95,97,114)/t61-,62+,71-,73-,74-,75-,76-,79+,82-,83-,84-,85+/m0/s1. The Bertz CT molecular complexity index is 4250. The molecule has 0 unspecified atom stereocenters. The van der Waals surface area contributed by atoms with Crippen molar-refractivity contribution in [3.8, 4) is 11.1 Å². The number of esters is 1. The number of ketones is 3. The van der Waals surface area contributed by atoms with Crippen molar-refractivity contribution in [2.24, 2.45) is 41.2 Å². The van der Waals surface area contributed by atoms with E-state index in [4.69, 9.17) is 38.9 Å². The maximum atomic E-state index is 15.0. The second-order valence-electron chi connectivity index (χ2n) is 34.5. The molecule has 12 atom stereocenters. The fraction of sp³-hybridized carbons (Fsp3) is 0.585. The minimum absolute atomic E-state index is 0.00177. The number of nitrogens with one attached hydrogen (secondary N) is 5. The van der Waals surface area contributed by atoms with Crippen LogP contribution < -0.4 is 32.3 Å². The number of likely N-dealkylation sites (tertiary alicyclic amines) is 1. The maximum absolute atomic E-state index is 15.0. The topological polar surface area (TPSA) is 378 Å². The van der Waals surface area contributed by atoms with Crippen LogP contribution >= 0.6 is 11.3 Å². The Morgan fingerprint density at radius 2 is 1.27 bits per heavy atom. The number of aromatic nitrogens is 1. The molecule has 124 heavy (non-hydrogen) atoms. The summed E-state index contributed by atoms with van der Waals surface area (Å²) in [4.78, 5) is 174. The van der Waals surface area contributed by atoms with Crippen molar-refractivity contribution in [3.05, 3.63) is 148 Å². The first-order valence-electron chi connectivity index (χ1n) is 43.6. The normalized spacial score (nSPS) is 15.9. The predicted molar refractivity (Wildman–Crippen MR) is 472 cm³/mol. The summed E-state index contributed by atoms with van der Waals surface area (Å²) in [7, 11) is 6.17. The third-order valence-electron chi connectivity index (χ3n) is 23.2. The highest BCUT2D eigenvalue weighted by Crippen LogP contribution is 2.45. The number of methoxy groups -OCH3 is 2. The molecule has 1 aromatic heterocycles. The highest BCUT2D eigenvalue weighted by molar-refractivity contribution is 7.09. The first kappa shape index (κ1) is 101. The number of amides is 9. The fourth-order valence-electron chi connectivity index (χ4n) is 16.3. The van der Waals surface area contributed by atoms with E-state index >= 15 is 0 Å². The van der Waals surface area contributed by atoms with Gasteiger partial charge < -0.3 is 75.3 Å². The van der Waals surface area contributed by atoms with E-state index in [9.17, 15) is 57.5 Å². The van der Waals surface area contributed by atoms with Gasteiger partial charge in [0.1, 0.15) is 41.7 Å². The molecular formula is C94H134N10O19S. The van der Waals surface area contributed by atoms with E-state index in [-0.39, 0.29) is 157 Å². The second-order valence-corrected chi connectivity index (χ2v) is 35.5. The van der Waals surface area contributed by atoms with E-state index in [0.717, 1.165) is 32.8 Å². The Kier molecular flexibility index (Phi) is 40.9. The molecule has 9 amide bonds. The minimum atomic E-state index is -1.09. The molecule has 7 N–H and O–H groups in total. The zero-order valence-electron chi connectivity index (χ0n) is 75.3. The van der Waals surface area contributed by atoms with Crippen molar-refractivity contribution < 1.29 is 90.7 Å². The quantitative estimate of drug-likeness (QED) is 0.0120. The summed E-state index contributed by atoms with van der Waals surface area (Å²) in [6.45, 7) is 22.7. The van der Waals surface area contributed by atoms with E-state index in [0.29, 0.717) is 49.8 Å². The van der Waals surface area contributed by atoms with Crippen molar-refractivity contribution in [1.82, 2.24) is 46.3 Å². The number of hydrogen-bond donors (Lipinski definition) is 6. The van der Waals surface area contributed by atoms with E-state index in [1.54, 1.807) is 89.0 Å². The number of Topliss-reactive ketones (excluding diaryl/α,β-unsaturated/α-hetero) is 3. The van der Waals surface area contributed by atoms with Gasteiger partial charge in [-0.25, -0.2) is 19.4 Å². The molecular weight excluding hydrogens is 1610 g/mol. The van der Waals surface area contributed by atoms with Gasteiger partial charge >= 0.3 is 24.2 Å². The van der Waals surface area contributed by atoms with E-state index in [1.807, 2.05) is 133 Å². The number of hydrogen-bond acceptors (Lipinski definition) is 21. The molecule has 680 valence electrons. The van der Waals surface area contributed by atoms with Crippen molar-refractivity contribution in [2.45, 2.75) is 246 Å². The molecule has 0 saturated carbocycles. The van der Waals surface area contributed by atoms with Crippen molar-refractivity contribution in [3.63, 3.8) is 0 Å². The van der Waals surface area contributed by atoms with E-state index in [1.165, 1.54) is 30.4 Å². The van der Waals surface area contributed by atoms with Crippen LogP contribution in [-0.4, -0.2) is 219 Å². The molecule has 4 aromatic carbocycles. The number of fused-ring (bicyclic) bond motifs is 3. The number of urea groups is 1. The van der Waals surface area contributed by atoms with Crippen LogP contribution in [0.3, 0.4) is 0 Å². The Morgan fingerprint density at radius 3 is 1.87 bits per heavy atom. The van der Waals surface area contributed by atoms with E-state index < -0.39 is 120 Å². The number of nitrogens with zero attached hydrogens (tertiary/aromatic N) is 4. The first-order valence-corrected chi connectivity index (χ1v) is 44.5. The number of benzene rings is 4. The fourth-order valence-corrected chi connectivity index (χ4v) is 17.0. The van der Waals surface area contributed by atoms with Gasteiger partial charge in [-0.05, 0) is 128 Å². The number of ether oxygens (including phenoxy) is 7. The number of rotatable bonds is 52. The lowest BCUT2D eigenvalue weighted by molar-refractivity contribution is -0.155. The zero-order chi connectivity index (χ0) is 90.9. The summed E-state index contributed by atoms with van der Waals surface area (Å²) in [6, 6.07) is 26.2. The molecule has 0 radical (unpaired) electrons.